The van der Waals surface area contributed by atoms with Crippen LogP contribution in [0.2, 0.25) is 0 Å². The molecule has 1 N–H and O–H groups in total. The van der Waals surface area contributed by atoms with Crippen molar-refractivity contribution < 1.29 is 0 Å². The summed E-state index contributed by atoms with van der Waals surface area (Å²) in [5.41, 5.74) is 2.46. The first-order valence-corrected chi connectivity index (χ1v) is 6.46. The number of hydrogen-bond donors (Lipinski definition) is 1. The van der Waals surface area contributed by atoms with Crippen LogP contribution in [0.15, 0.2) is 24.3 Å². The van der Waals surface area contributed by atoms with E-state index in [9.17, 15) is 0 Å². The normalized spacial score (nSPS) is 12.2. The minimum Gasteiger partial charge on any atom is -0.375 e. The third-order valence-electron chi connectivity index (χ3n) is 2.92. The van der Waals surface area contributed by atoms with E-state index in [4.69, 9.17) is 5.26 Å². The van der Waals surface area contributed by atoms with E-state index in [1.807, 2.05) is 0 Å². The quantitative estimate of drug-likeness (QED) is 0.837. The lowest BCUT2D eigenvalue weighted by Gasteiger charge is -2.22. The van der Waals surface area contributed by atoms with Crippen molar-refractivity contribution in [3.05, 3.63) is 29.8 Å². The number of hydrogen-bond acceptors (Lipinski definition) is 3. The van der Waals surface area contributed by atoms with E-state index in [1.165, 1.54) is 11.3 Å². The number of nitrogens with one attached hydrogen (secondary N) is 1. The van der Waals surface area contributed by atoms with Gasteiger partial charge in [-0.15, -0.1) is 0 Å². The van der Waals surface area contributed by atoms with Crippen molar-refractivity contribution in [2.75, 3.05) is 18.5 Å². The van der Waals surface area contributed by atoms with Crippen LogP contribution >= 0.6 is 0 Å². The zero-order valence-corrected chi connectivity index (χ0v) is 11.8. The van der Waals surface area contributed by atoms with Crippen LogP contribution < -0.4 is 10.2 Å². The summed E-state index contributed by atoms with van der Waals surface area (Å²) in [7, 11) is 2.06. The monoisotopic (exact) mass is 245 g/mol. The van der Waals surface area contributed by atoms with Crippen molar-refractivity contribution in [1.29, 1.82) is 5.26 Å². The minimum atomic E-state index is -0.0714. The molecule has 1 unspecified atom stereocenters. The summed E-state index contributed by atoms with van der Waals surface area (Å²) < 4.78 is 0. The Morgan fingerprint density at radius 3 is 2.39 bits per heavy atom. The maximum Gasteiger partial charge on any atom is 0.0971 e. The second-order valence-corrected chi connectivity index (χ2v) is 5.05. The minimum absolute atomic E-state index is 0.0714. The molecule has 0 fully saturated rings. The van der Waals surface area contributed by atoms with Crippen molar-refractivity contribution in [1.82, 2.24) is 5.32 Å². The second kappa shape index (κ2) is 7.03. The highest BCUT2D eigenvalue weighted by molar-refractivity contribution is 5.46. The van der Waals surface area contributed by atoms with Gasteiger partial charge in [0.05, 0.1) is 12.1 Å². The first-order chi connectivity index (χ1) is 8.52. The van der Waals surface area contributed by atoms with Crippen LogP contribution in [0.4, 0.5) is 5.69 Å². The molecule has 0 aliphatic carbocycles. The predicted molar refractivity (Wildman–Crippen MR) is 76.7 cm³/mol. The molecular formula is C15H23N3. The number of anilines is 1. The molecule has 0 amide bonds. The number of nitrogens with zero attached hydrogens (tertiary/aromatic N) is 2. The SMILES string of the molecule is Cc1ccc(N(C)CCC(C#N)NC(C)C)cc1. The third kappa shape index (κ3) is 4.77. The fourth-order valence-corrected chi connectivity index (χ4v) is 1.84. The van der Waals surface area contributed by atoms with Gasteiger partial charge in [-0.1, -0.05) is 17.7 Å². The molecule has 1 rings (SSSR count). The highest BCUT2D eigenvalue weighted by Gasteiger charge is 2.10. The fourth-order valence-electron chi connectivity index (χ4n) is 1.84. The van der Waals surface area contributed by atoms with Gasteiger partial charge in [0.1, 0.15) is 0 Å². The average Bonchev–Trinajstić information content (AvgIpc) is 2.34. The van der Waals surface area contributed by atoms with Crippen molar-refractivity contribution >= 4 is 5.69 Å². The molecular weight excluding hydrogens is 222 g/mol. The van der Waals surface area contributed by atoms with E-state index < -0.39 is 0 Å². The Morgan fingerprint density at radius 1 is 1.28 bits per heavy atom. The average molecular weight is 245 g/mol. The third-order valence-corrected chi connectivity index (χ3v) is 2.92. The maximum absolute atomic E-state index is 9.06. The summed E-state index contributed by atoms with van der Waals surface area (Å²) in [6.07, 6.45) is 0.832. The number of nitriles is 1. The number of benzene rings is 1. The van der Waals surface area contributed by atoms with Crippen LogP contribution in [0.5, 0.6) is 0 Å². The summed E-state index contributed by atoms with van der Waals surface area (Å²) in [4.78, 5) is 2.19. The zero-order chi connectivity index (χ0) is 13.5. The Morgan fingerprint density at radius 2 is 1.89 bits per heavy atom. The van der Waals surface area contributed by atoms with Gasteiger partial charge < -0.3 is 4.90 Å². The summed E-state index contributed by atoms with van der Waals surface area (Å²) in [5.74, 6) is 0. The van der Waals surface area contributed by atoms with Crippen molar-refractivity contribution in [2.24, 2.45) is 0 Å². The Bertz CT molecular complexity index is 389. The van der Waals surface area contributed by atoms with Crippen LogP contribution in [0.1, 0.15) is 25.8 Å². The van der Waals surface area contributed by atoms with Gasteiger partial charge in [-0.05, 0) is 39.3 Å². The van der Waals surface area contributed by atoms with E-state index in [1.54, 1.807) is 0 Å². The Labute approximate surface area is 110 Å². The Hall–Kier alpha value is -1.53. The van der Waals surface area contributed by atoms with Crippen LogP contribution in [0, 0.1) is 18.3 Å². The van der Waals surface area contributed by atoms with Gasteiger partial charge in [0.15, 0.2) is 0 Å². The molecule has 3 heteroatoms. The fraction of sp³-hybridized carbons (Fsp3) is 0.533. The van der Waals surface area contributed by atoms with Crippen molar-refractivity contribution in [2.45, 2.75) is 39.3 Å². The largest absolute Gasteiger partial charge is 0.375 e. The second-order valence-electron chi connectivity index (χ2n) is 5.05. The molecule has 1 aromatic rings. The summed E-state index contributed by atoms with van der Waals surface area (Å²) in [6, 6.07) is 11.0. The van der Waals surface area contributed by atoms with Crippen LogP contribution in [0.25, 0.3) is 0 Å². The highest BCUT2D eigenvalue weighted by atomic mass is 15.1. The molecule has 0 radical (unpaired) electrons. The molecule has 1 atom stereocenters. The molecule has 0 spiro atoms. The summed E-state index contributed by atoms with van der Waals surface area (Å²) in [6.45, 7) is 7.09. The smallest absolute Gasteiger partial charge is 0.0971 e. The van der Waals surface area contributed by atoms with Crippen LogP contribution in [-0.2, 0) is 0 Å². The molecule has 18 heavy (non-hydrogen) atoms. The Kier molecular flexibility index (Phi) is 5.67. The van der Waals surface area contributed by atoms with Gasteiger partial charge in [0.2, 0.25) is 0 Å². The van der Waals surface area contributed by atoms with Crippen molar-refractivity contribution in [3.63, 3.8) is 0 Å². The van der Waals surface area contributed by atoms with E-state index in [0.717, 1.165) is 13.0 Å². The molecule has 0 saturated heterocycles. The van der Waals surface area contributed by atoms with E-state index in [0.29, 0.717) is 6.04 Å². The van der Waals surface area contributed by atoms with Crippen LogP contribution in [-0.4, -0.2) is 25.7 Å². The topological polar surface area (TPSA) is 39.1 Å². The first-order valence-electron chi connectivity index (χ1n) is 6.46. The molecule has 98 valence electrons. The number of rotatable bonds is 6. The molecule has 0 aliphatic rings. The molecule has 0 saturated carbocycles. The molecule has 3 nitrogen and oxygen atoms in total. The summed E-state index contributed by atoms with van der Waals surface area (Å²) in [5, 5.41) is 12.3. The lowest BCUT2D eigenvalue weighted by Crippen LogP contribution is -2.36. The van der Waals surface area contributed by atoms with Crippen molar-refractivity contribution in [3.8, 4) is 6.07 Å². The van der Waals surface area contributed by atoms with Gasteiger partial charge in [-0.3, -0.25) is 5.32 Å². The molecule has 0 bridgehead atoms. The van der Waals surface area contributed by atoms with Gasteiger partial charge in [0, 0.05) is 25.3 Å². The Balaban J connectivity index is 2.47. The van der Waals surface area contributed by atoms with Gasteiger partial charge in [0.25, 0.3) is 0 Å². The van der Waals surface area contributed by atoms with Gasteiger partial charge >= 0.3 is 0 Å². The van der Waals surface area contributed by atoms with E-state index in [-0.39, 0.29) is 6.04 Å². The molecule has 1 aromatic carbocycles. The summed E-state index contributed by atoms with van der Waals surface area (Å²) >= 11 is 0. The lowest BCUT2D eigenvalue weighted by molar-refractivity contribution is 0.507. The van der Waals surface area contributed by atoms with Crippen LogP contribution in [0.3, 0.4) is 0 Å². The first kappa shape index (κ1) is 14.5. The highest BCUT2D eigenvalue weighted by Crippen LogP contribution is 2.13. The molecule has 0 aliphatic heterocycles. The van der Waals surface area contributed by atoms with Gasteiger partial charge in [-0.2, -0.15) is 5.26 Å². The van der Waals surface area contributed by atoms with E-state index in [2.05, 4.69) is 68.4 Å². The lowest BCUT2D eigenvalue weighted by atomic mass is 10.1. The number of aryl methyl sites for hydroxylation is 1. The molecule has 0 heterocycles. The maximum atomic E-state index is 9.06. The van der Waals surface area contributed by atoms with Gasteiger partial charge in [-0.25, -0.2) is 0 Å². The van der Waals surface area contributed by atoms with E-state index >= 15 is 0 Å². The molecule has 0 aromatic heterocycles. The zero-order valence-electron chi connectivity index (χ0n) is 11.8. The standard InChI is InChI=1S/C15H23N3/c1-12(2)17-14(11-16)9-10-18(4)15-7-5-13(3)6-8-15/h5-8,12,14,17H,9-10H2,1-4H3. The predicted octanol–water partition coefficient (Wildman–Crippen LogP) is 2.71.